The van der Waals surface area contributed by atoms with E-state index >= 15 is 0 Å². The van der Waals surface area contributed by atoms with E-state index in [1.54, 1.807) is 0 Å². The van der Waals surface area contributed by atoms with Crippen LogP contribution in [0.25, 0.3) is 0 Å². The van der Waals surface area contributed by atoms with E-state index in [-0.39, 0.29) is 36.3 Å². The largest absolute Gasteiger partial charge is 0.457 e. The van der Waals surface area contributed by atoms with E-state index < -0.39 is 0 Å². The molecule has 1 unspecified atom stereocenters. The van der Waals surface area contributed by atoms with Crippen LogP contribution in [-0.4, -0.2) is 50.2 Å². The summed E-state index contributed by atoms with van der Waals surface area (Å²) in [6.45, 7) is 6.29. The molecule has 6 aliphatic rings. The van der Waals surface area contributed by atoms with Crippen molar-refractivity contribution in [1.29, 1.82) is 0 Å². The third-order valence-corrected chi connectivity index (χ3v) is 12.5. The molecule has 0 N–H and O–H groups in total. The van der Waals surface area contributed by atoms with E-state index in [4.69, 9.17) is 24.0 Å². The summed E-state index contributed by atoms with van der Waals surface area (Å²) in [4.78, 5) is 24.7. The molecular formula is C36H60O6. The van der Waals surface area contributed by atoms with Gasteiger partial charge in [-0.1, -0.05) is 78.1 Å². The molecule has 0 bridgehead atoms. The number of ether oxygens (including phenoxy) is 3. The minimum Gasteiger partial charge on any atom is -0.457 e. The maximum atomic E-state index is 13.1. The Bertz CT molecular complexity index is 817. The molecule has 0 spiro atoms. The fourth-order valence-electron chi connectivity index (χ4n) is 9.42. The molecule has 0 aromatic heterocycles. The molecule has 0 aromatic carbocycles. The lowest BCUT2D eigenvalue weighted by Gasteiger charge is -2.33. The van der Waals surface area contributed by atoms with Crippen molar-refractivity contribution in [2.45, 2.75) is 154 Å². The Hall–Kier alpha value is -0.690. The highest BCUT2D eigenvalue weighted by molar-refractivity contribution is 5.72. The normalized spacial score (nSPS) is 44.5. The number of carbonyl (C=O) groups excluding carboxylic acids is 1. The van der Waals surface area contributed by atoms with Crippen LogP contribution in [0.3, 0.4) is 0 Å². The van der Waals surface area contributed by atoms with Crippen molar-refractivity contribution < 1.29 is 28.8 Å². The molecule has 0 aromatic rings. The maximum Gasteiger partial charge on any atom is 0.309 e. The minimum absolute atomic E-state index is 0.0323. The van der Waals surface area contributed by atoms with Crippen molar-refractivity contribution in [1.82, 2.24) is 0 Å². The number of fused-ring (bicyclic) bond motifs is 1. The Morgan fingerprint density at radius 3 is 1.55 bits per heavy atom. The van der Waals surface area contributed by atoms with Crippen molar-refractivity contribution in [3.8, 4) is 0 Å². The average Bonchev–Trinajstić information content (AvgIpc) is 3.60. The van der Waals surface area contributed by atoms with E-state index in [0.717, 1.165) is 48.3 Å². The van der Waals surface area contributed by atoms with Gasteiger partial charge >= 0.3 is 5.97 Å². The van der Waals surface area contributed by atoms with Crippen LogP contribution in [0.1, 0.15) is 129 Å². The molecule has 240 valence electrons. The Balaban J connectivity index is 0.841. The Morgan fingerprint density at radius 2 is 1.00 bits per heavy atom. The summed E-state index contributed by atoms with van der Waals surface area (Å²) in [6, 6.07) is 0. The third kappa shape index (κ3) is 8.31. The molecule has 6 fully saturated rings. The number of hydrogen-bond donors (Lipinski definition) is 0. The number of esters is 1. The fraction of sp³-hybridized carbons (Fsp3) is 0.972. The van der Waals surface area contributed by atoms with E-state index in [0.29, 0.717) is 25.7 Å². The molecule has 4 saturated carbocycles. The van der Waals surface area contributed by atoms with Gasteiger partial charge in [-0.25, -0.2) is 9.78 Å². The lowest BCUT2D eigenvalue weighted by molar-refractivity contribution is -0.339. The summed E-state index contributed by atoms with van der Waals surface area (Å²) in [7, 11) is 0. The second kappa shape index (κ2) is 15.1. The summed E-state index contributed by atoms with van der Waals surface area (Å²) in [5, 5.41) is 0. The van der Waals surface area contributed by atoms with Gasteiger partial charge in [-0.3, -0.25) is 4.79 Å². The van der Waals surface area contributed by atoms with E-state index in [9.17, 15) is 4.79 Å². The fourth-order valence-corrected chi connectivity index (χ4v) is 9.42. The van der Waals surface area contributed by atoms with Crippen molar-refractivity contribution in [3.05, 3.63) is 0 Å². The zero-order valence-electron chi connectivity index (χ0n) is 26.7. The molecule has 42 heavy (non-hydrogen) atoms. The van der Waals surface area contributed by atoms with Crippen LogP contribution >= 0.6 is 0 Å². The molecule has 2 heterocycles. The minimum atomic E-state index is -0.333. The first kappa shape index (κ1) is 31.3. The predicted molar refractivity (Wildman–Crippen MR) is 163 cm³/mol. The summed E-state index contributed by atoms with van der Waals surface area (Å²) >= 11 is 0. The molecule has 4 aliphatic carbocycles. The topological polar surface area (TPSA) is 63.2 Å². The summed E-state index contributed by atoms with van der Waals surface area (Å²) in [6.07, 6.45) is 22.6. The molecule has 2 saturated heterocycles. The Labute approximate surface area is 255 Å². The van der Waals surface area contributed by atoms with Crippen LogP contribution in [0.2, 0.25) is 0 Å². The van der Waals surface area contributed by atoms with Gasteiger partial charge in [0.05, 0.1) is 25.7 Å². The van der Waals surface area contributed by atoms with Crippen molar-refractivity contribution >= 4 is 5.97 Å². The van der Waals surface area contributed by atoms with Gasteiger partial charge in [0.1, 0.15) is 18.3 Å². The highest BCUT2D eigenvalue weighted by atomic mass is 17.2. The van der Waals surface area contributed by atoms with E-state index in [2.05, 4.69) is 13.8 Å². The maximum absolute atomic E-state index is 13.1. The molecular weight excluding hydrogens is 528 g/mol. The highest BCUT2D eigenvalue weighted by Crippen LogP contribution is 2.40. The first-order valence-electron chi connectivity index (χ1n) is 18.2. The molecule has 2 aliphatic heterocycles. The second-order valence-corrected chi connectivity index (χ2v) is 15.8. The molecule has 6 heteroatoms. The first-order chi connectivity index (χ1) is 20.5. The zero-order valence-corrected chi connectivity index (χ0v) is 26.7. The van der Waals surface area contributed by atoms with Crippen molar-refractivity contribution in [2.75, 3.05) is 19.8 Å². The Morgan fingerprint density at radius 1 is 0.571 bits per heavy atom. The van der Waals surface area contributed by atoms with Crippen LogP contribution in [0.15, 0.2) is 0 Å². The molecule has 0 amide bonds. The molecule has 6 rings (SSSR count). The van der Waals surface area contributed by atoms with Gasteiger partial charge in [0.15, 0.2) is 6.10 Å². The van der Waals surface area contributed by atoms with Gasteiger partial charge in [0.25, 0.3) is 0 Å². The SMILES string of the molecule is CC1CCC(CC2CCC(COO[C@H]3CO[C@@H]4C(OC(=O)C5CCC(CC6CCC(C)CC6)CC5)CO[C@H]34)CC2)CC1. The summed E-state index contributed by atoms with van der Waals surface area (Å²) in [5.41, 5.74) is 0. The quantitative estimate of drug-likeness (QED) is 0.146. The Kier molecular flexibility index (Phi) is 11.2. The van der Waals surface area contributed by atoms with Gasteiger partial charge in [-0.15, -0.1) is 0 Å². The molecule has 0 radical (unpaired) electrons. The van der Waals surface area contributed by atoms with Gasteiger partial charge in [0.2, 0.25) is 0 Å². The number of hydrogen-bond acceptors (Lipinski definition) is 6. The van der Waals surface area contributed by atoms with Gasteiger partial charge in [-0.2, -0.15) is 0 Å². The molecule has 6 nitrogen and oxygen atoms in total. The monoisotopic (exact) mass is 588 g/mol. The van der Waals surface area contributed by atoms with E-state index in [1.165, 1.54) is 103 Å². The van der Waals surface area contributed by atoms with Crippen LogP contribution in [-0.2, 0) is 28.8 Å². The van der Waals surface area contributed by atoms with Gasteiger partial charge in [-0.05, 0) is 92.8 Å². The third-order valence-electron chi connectivity index (χ3n) is 12.5. The van der Waals surface area contributed by atoms with Crippen LogP contribution < -0.4 is 0 Å². The van der Waals surface area contributed by atoms with Gasteiger partial charge < -0.3 is 14.2 Å². The summed E-state index contributed by atoms with van der Waals surface area (Å²) < 4.78 is 18.0. The number of carbonyl (C=O) groups is 1. The van der Waals surface area contributed by atoms with Crippen molar-refractivity contribution in [3.63, 3.8) is 0 Å². The van der Waals surface area contributed by atoms with Crippen LogP contribution in [0.4, 0.5) is 0 Å². The second-order valence-electron chi connectivity index (χ2n) is 15.8. The smallest absolute Gasteiger partial charge is 0.309 e. The lowest BCUT2D eigenvalue weighted by Crippen LogP contribution is -2.37. The number of rotatable bonds is 10. The first-order valence-corrected chi connectivity index (χ1v) is 18.2. The van der Waals surface area contributed by atoms with Crippen molar-refractivity contribution in [2.24, 2.45) is 47.3 Å². The molecule has 4 atom stereocenters. The highest BCUT2D eigenvalue weighted by Gasteiger charge is 2.51. The zero-order chi connectivity index (χ0) is 28.9. The summed E-state index contributed by atoms with van der Waals surface area (Å²) in [5.74, 6) is 6.03. The van der Waals surface area contributed by atoms with E-state index in [1.807, 2.05) is 0 Å². The average molecular weight is 589 g/mol. The van der Waals surface area contributed by atoms with Gasteiger partial charge in [0, 0.05) is 0 Å². The lowest BCUT2D eigenvalue weighted by atomic mass is 9.73. The van der Waals surface area contributed by atoms with Crippen LogP contribution in [0, 0.1) is 47.3 Å². The predicted octanol–water partition coefficient (Wildman–Crippen LogP) is 8.06. The standard InChI is InChI=1S/C36H60O6/c1-24-3-7-26(8-4-24)19-28-11-13-30(14-12-28)21-40-42-33-23-39-34-32(22-38-35(33)34)41-36(37)31-17-15-29(16-18-31)20-27-9-5-25(2)6-10-27/h24-35H,3-23H2,1-2H3/t24?,25?,26?,27?,28?,29?,30?,31?,32?,33-,34+,35+/m0/s1. The van der Waals surface area contributed by atoms with Crippen LogP contribution in [0.5, 0.6) is 0 Å².